The van der Waals surface area contributed by atoms with E-state index in [-0.39, 0.29) is 23.1 Å². The fourth-order valence-corrected chi connectivity index (χ4v) is 1.000. The van der Waals surface area contributed by atoms with Crippen molar-refractivity contribution in [3.8, 4) is 5.75 Å². The first kappa shape index (κ1) is 13.8. The molecule has 0 radical (unpaired) electrons. The van der Waals surface area contributed by atoms with E-state index in [4.69, 9.17) is 33.0 Å². The van der Waals surface area contributed by atoms with Crippen molar-refractivity contribution in [2.75, 3.05) is 6.61 Å². The number of aliphatic carboxylic acids is 1. The molecule has 0 amide bonds. The third kappa shape index (κ3) is 4.37. The Morgan fingerprint density at radius 2 is 2.00 bits per heavy atom. The quantitative estimate of drug-likeness (QED) is 0.824. The average Bonchev–Trinajstić information content (AvgIpc) is 2.07. The molecular formula is C8H8Cl2MgO3. The van der Waals surface area contributed by atoms with Crippen molar-refractivity contribution in [2.24, 2.45) is 0 Å². The van der Waals surface area contributed by atoms with E-state index in [1.165, 1.54) is 6.07 Å². The molecule has 0 aliphatic rings. The minimum atomic E-state index is -1.04. The number of carbonyl (C=O) groups is 1. The van der Waals surface area contributed by atoms with E-state index in [0.717, 1.165) is 0 Å². The normalized spacial score (nSPS) is 9.00. The zero-order valence-corrected chi connectivity index (χ0v) is 7.97. The molecule has 74 valence electrons. The van der Waals surface area contributed by atoms with Crippen molar-refractivity contribution in [1.29, 1.82) is 0 Å². The van der Waals surface area contributed by atoms with E-state index in [1.54, 1.807) is 12.1 Å². The minimum absolute atomic E-state index is 0. The highest BCUT2D eigenvalue weighted by molar-refractivity contribution is 6.42. The number of hydrogen-bond donors (Lipinski definition) is 1. The van der Waals surface area contributed by atoms with Crippen LogP contribution >= 0.6 is 23.2 Å². The van der Waals surface area contributed by atoms with Crippen LogP contribution in [0.25, 0.3) is 0 Å². The highest BCUT2D eigenvalue weighted by Gasteiger charge is 2.02. The second-order valence-electron chi connectivity index (χ2n) is 2.26. The fraction of sp³-hybridized carbons (Fsp3) is 0.125. The molecule has 3 nitrogen and oxygen atoms in total. The SMILES string of the molecule is O=C(O)COc1ccc(Cl)c(Cl)c1.[MgH2]. The Hall–Kier alpha value is -0.164. The second kappa shape index (κ2) is 6.34. The van der Waals surface area contributed by atoms with E-state index in [0.29, 0.717) is 15.8 Å². The van der Waals surface area contributed by atoms with Crippen molar-refractivity contribution < 1.29 is 14.6 Å². The Bertz CT molecular complexity index is 330. The summed E-state index contributed by atoms with van der Waals surface area (Å²) >= 11 is 11.3. The van der Waals surface area contributed by atoms with Crippen LogP contribution in [0.15, 0.2) is 18.2 Å². The monoisotopic (exact) mass is 246 g/mol. The maximum absolute atomic E-state index is 10.1. The van der Waals surface area contributed by atoms with Crippen molar-refractivity contribution in [2.45, 2.75) is 0 Å². The molecule has 1 N–H and O–H groups in total. The summed E-state index contributed by atoms with van der Waals surface area (Å²) in [7, 11) is 0. The third-order valence-electron chi connectivity index (χ3n) is 1.25. The van der Waals surface area contributed by atoms with Crippen molar-refractivity contribution in [3.05, 3.63) is 28.2 Å². The molecule has 0 fully saturated rings. The summed E-state index contributed by atoms with van der Waals surface area (Å²) in [4.78, 5) is 10.1. The van der Waals surface area contributed by atoms with E-state index in [2.05, 4.69) is 0 Å². The van der Waals surface area contributed by atoms with E-state index < -0.39 is 12.6 Å². The van der Waals surface area contributed by atoms with Gasteiger partial charge in [-0.3, -0.25) is 0 Å². The van der Waals surface area contributed by atoms with Crippen LogP contribution in [0.4, 0.5) is 0 Å². The number of halogens is 2. The molecule has 0 saturated heterocycles. The molecule has 0 atom stereocenters. The van der Waals surface area contributed by atoms with Gasteiger partial charge in [0.1, 0.15) is 5.75 Å². The van der Waals surface area contributed by atoms with Crippen LogP contribution in [-0.2, 0) is 4.79 Å². The molecule has 0 saturated carbocycles. The molecule has 0 heterocycles. The van der Waals surface area contributed by atoms with Crippen LogP contribution in [0.2, 0.25) is 10.0 Å². The van der Waals surface area contributed by atoms with Crippen LogP contribution in [0.5, 0.6) is 5.75 Å². The van der Waals surface area contributed by atoms with Crippen molar-refractivity contribution in [1.82, 2.24) is 0 Å². The zero-order valence-electron chi connectivity index (χ0n) is 6.46. The number of hydrogen-bond acceptors (Lipinski definition) is 2. The summed E-state index contributed by atoms with van der Waals surface area (Å²) in [6, 6.07) is 4.56. The maximum Gasteiger partial charge on any atom is 0.341 e. The lowest BCUT2D eigenvalue weighted by molar-refractivity contribution is -0.139. The summed E-state index contributed by atoms with van der Waals surface area (Å²) in [6.07, 6.45) is 0. The maximum atomic E-state index is 10.1. The number of benzene rings is 1. The predicted molar refractivity (Wildman–Crippen MR) is 58.1 cm³/mol. The van der Waals surface area contributed by atoms with Crippen molar-refractivity contribution >= 4 is 52.2 Å². The molecule has 14 heavy (non-hydrogen) atoms. The highest BCUT2D eigenvalue weighted by atomic mass is 35.5. The summed E-state index contributed by atoms with van der Waals surface area (Å²) < 4.78 is 4.86. The van der Waals surface area contributed by atoms with Crippen LogP contribution in [0, 0.1) is 0 Å². The van der Waals surface area contributed by atoms with E-state index >= 15 is 0 Å². The summed E-state index contributed by atoms with van der Waals surface area (Å²) in [5.41, 5.74) is 0. The molecule has 0 aromatic heterocycles. The topological polar surface area (TPSA) is 46.5 Å². The molecule has 0 unspecified atom stereocenters. The van der Waals surface area contributed by atoms with Gasteiger partial charge in [-0.25, -0.2) is 4.79 Å². The lowest BCUT2D eigenvalue weighted by atomic mass is 10.3. The Balaban J connectivity index is 0.00000169. The summed E-state index contributed by atoms with van der Waals surface area (Å²) in [6.45, 7) is -0.391. The number of carboxylic acids is 1. The van der Waals surface area contributed by atoms with Crippen LogP contribution in [0.3, 0.4) is 0 Å². The van der Waals surface area contributed by atoms with Crippen LogP contribution < -0.4 is 4.74 Å². The largest absolute Gasteiger partial charge is 0.482 e. The fourth-order valence-electron chi connectivity index (χ4n) is 0.712. The van der Waals surface area contributed by atoms with Crippen LogP contribution in [-0.4, -0.2) is 40.7 Å². The molecular weight excluding hydrogens is 239 g/mol. The van der Waals surface area contributed by atoms with Gasteiger partial charge in [-0.05, 0) is 12.1 Å². The Morgan fingerprint density at radius 3 is 2.50 bits per heavy atom. The van der Waals surface area contributed by atoms with Gasteiger partial charge in [-0.1, -0.05) is 23.2 Å². The lowest BCUT2D eigenvalue weighted by Gasteiger charge is -2.03. The number of carboxylic acid groups (broad SMARTS) is 1. The minimum Gasteiger partial charge on any atom is -0.482 e. The van der Waals surface area contributed by atoms with Crippen LogP contribution in [0.1, 0.15) is 0 Å². The summed E-state index contributed by atoms with van der Waals surface area (Å²) in [5.74, 6) is -0.650. The van der Waals surface area contributed by atoms with E-state index in [9.17, 15) is 4.79 Å². The Morgan fingerprint density at radius 1 is 1.36 bits per heavy atom. The molecule has 6 heteroatoms. The van der Waals surface area contributed by atoms with Gasteiger partial charge >= 0.3 is 29.0 Å². The first-order valence-electron chi connectivity index (χ1n) is 3.39. The van der Waals surface area contributed by atoms with Gasteiger partial charge in [0, 0.05) is 6.07 Å². The molecule has 0 aliphatic heterocycles. The zero-order chi connectivity index (χ0) is 9.84. The average molecular weight is 247 g/mol. The number of ether oxygens (including phenoxy) is 1. The first-order chi connectivity index (χ1) is 6.09. The molecule has 0 bridgehead atoms. The van der Waals surface area contributed by atoms with Gasteiger partial charge in [0.2, 0.25) is 0 Å². The predicted octanol–water partition coefficient (Wildman–Crippen LogP) is 1.54. The van der Waals surface area contributed by atoms with Gasteiger partial charge in [-0.2, -0.15) is 0 Å². The molecule has 1 rings (SSSR count). The molecule has 0 spiro atoms. The number of rotatable bonds is 3. The van der Waals surface area contributed by atoms with Gasteiger partial charge in [0.15, 0.2) is 6.61 Å². The molecule has 1 aromatic carbocycles. The standard InChI is InChI=1S/C8H6Cl2O3.Mg.2H/c9-6-2-1-5(3-7(6)10)13-4-8(11)12;;;/h1-3H,4H2,(H,11,12);;;. The van der Waals surface area contributed by atoms with E-state index in [1.807, 2.05) is 0 Å². The van der Waals surface area contributed by atoms with Gasteiger partial charge in [0.05, 0.1) is 10.0 Å². The first-order valence-corrected chi connectivity index (χ1v) is 4.15. The molecule has 1 aromatic rings. The summed E-state index contributed by atoms with van der Waals surface area (Å²) in [5, 5.41) is 9.06. The highest BCUT2D eigenvalue weighted by Crippen LogP contribution is 2.26. The van der Waals surface area contributed by atoms with Gasteiger partial charge in [0.25, 0.3) is 0 Å². The Labute approximate surface area is 107 Å². The van der Waals surface area contributed by atoms with Crippen molar-refractivity contribution in [3.63, 3.8) is 0 Å². The third-order valence-corrected chi connectivity index (χ3v) is 1.99. The Kier molecular flexibility index (Phi) is 6.27. The smallest absolute Gasteiger partial charge is 0.341 e. The molecule has 0 aliphatic carbocycles. The van der Waals surface area contributed by atoms with Gasteiger partial charge in [-0.15, -0.1) is 0 Å². The second-order valence-corrected chi connectivity index (χ2v) is 3.07. The van der Waals surface area contributed by atoms with Gasteiger partial charge < -0.3 is 9.84 Å². The lowest BCUT2D eigenvalue weighted by Crippen LogP contribution is -2.09.